The molecule has 0 fully saturated rings. The highest BCUT2D eigenvalue weighted by atomic mass is 35.5. The zero-order valence-electron chi connectivity index (χ0n) is 17.6. The van der Waals surface area contributed by atoms with Gasteiger partial charge in [0, 0.05) is 22.7 Å². The van der Waals surface area contributed by atoms with Crippen molar-refractivity contribution in [3.8, 4) is 5.75 Å². The van der Waals surface area contributed by atoms with Crippen molar-refractivity contribution in [1.82, 2.24) is 0 Å². The van der Waals surface area contributed by atoms with Crippen LogP contribution in [0.25, 0.3) is 0 Å². The molecule has 3 aromatic rings. The number of nitrogens with zero attached hydrogens (tertiary/aromatic N) is 1. The van der Waals surface area contributed by atoms with Crippen molar-refractivity contribution >= 4 is 23.0 Å². The first kappa shape index (κ1) is 20.6. The van der Waals surface area contributed by atoms with Gasteiger partial charge in [-0.1, -0.05) is 54.1 Å². The smallest absolute Gasteiger partial charge is 0.275 e. The molecule has 1 aliphatic carbocycles. The third kappa shape index (κ3) is 3.73. The molecule has 0 saturated heterocycles. The summed E-state index contributed by atoms with van der Waals surface area (Å²) < 4.78 is 5.93. The monoisotopic (exact) mass is 446 g/mol. The van der Waals surface area contributed by atoms with E-state index < -0.39 is 0 Å². The van der Waals surface area contributed by atoms with Crippen LogP contribution >= 0.6 is 11.6 Å². The van der Waals surface area contributed by atoms with Gasteiger partial charge in [-0.3, -0.25) is 10.1 Å². The maximum absolute atomic E-state index is 11.7. The van der Waals surface area contributed by atoms with Crippen LogP contribution in [-0.2, 0) is 6.61 Å². The van der Waals surface area contributed by atoms with E-state index in [-0.39, 0.29) is 28.5 Å². The fourth-order valence-corrected chi connectivity index (χ4v) is 4.97. The lowest BCUT2D eigenvalue weighted by atomic mass is 9.75. The molecule has 0 saturated carbocycles. The summed E-state index contributed by atoms with van der Waals surface area (Å²) in [7, 11) is 0. The number of fused-ring (bicyclic) bond motifs is 3. The zero-order chi connectivity index (χ0) is 22.2. The van der Waals surface area contributed by atoms with Crippen molar-refractivity contribution in [3.05, 3.63) is 110 Å². The maximum Gasteiger partial charge on any atom is 0.275 e. The van der Waals surface area contributed by atoms with E-state index in [1.807, 2.05) is 49.4 Å². The Hall–Kier alpha value is -3.31. The standard InChI is InChI=1S/C26H23ClN2O3/c1-16-5-14-23(29(30)31)24-21-3-2-4-22(21)26(28-25(16)24)18-8-12-20(13-9-18)32-15-17-6-10-19(27)11-7-17/h2-3,5-14,21-22,26,28H,4,15H2,1H3/t21-,22+,26?/m1/s1. The predicted molar refractivity (Wildman–Crippen MR) is 126 cm³/mol. The maximum atomic E-state index is 11.7. The van der Waals surface area contributed by atoms with Crippen LogP contribution in [0, 0.1) is 23.0 Å². The predicted octanol–water partition coefficient (Wildman–Crippen LogP) is 6.96. The Morgan fingerprint density at radius 1 is 1.09 bits per heavy atom. The number of aryl methyl sites for hydroxylation is 1. The summed E-state index contributed by atoms with van der Waals surface area (Å²) in [6.45, 7) is 2.47. The highest BCUT2D eigenvalue weighted by Gasteiger charge is 2.42. The van der Waals surface area contributed by atoms with Crippen molar-refractivity contribution in [2.24, 2.45) is 5.92 Å². The molecule has 5 rings (SSSR count). The first-order chi connectivity index (χ1) is 15.5. The molecule has 1 unspecified atom stereocenters. The van der Waals surface area contributed by atoms with Gasteiger partial charge >= 0.3 is 0 Å². The number of hydrogen-bond acceptors (Lipinski definition) is 4. The fraction of sp³-hybridized carbons (Fsp3) is 0.231. The Labute approximate surface area is 191 Å². The Bertz CT molecular complexity index is 1190. The number of nitrogens with one attached hydrogen (secondary N) is 1. The highest BCUT2D eigenvalue weighted by Crippen LogP contribution is 2.53. The summed E-state index contributed by atoms with van der Waals surface area (Å²) in [6.07, 6.45) is 5.17. The summed E-state index contributed by atoms with van der Waals surface area (Å²) in [5.74, 6) is 1.08. The lowest BCUT2D eigenvalue weighted by molar-refractivity contribution is -0.385. The van der Waals surface area contributed by atoms with Crippen molar-refractivity contribution in [3.63, 3.8) is 0 Å². The van der Waals surface area contributed by atoms with Crippen LogP contribution in [0.15, 0.2) is 72.8 Å². The topological polar surface area (TPSA) is 64.4 Å². The van der Waals surface area contributed by atoms with Gasteiger partial charge < -0.3 is 10.1 Å². The Kier molecular flexibility index (Phi) is 5.35. The fourth-order valence-electron chi connectivity index (χ4n) is 4.84. The minimum Gasteiger partial charge on any atom is -0.489 e. The first-order valence-corrected chi connectivity index (χ1v) is 11.1. The number of hydrogen-bond donors (Lipinski definition) is 1. The van der Waals surface area contributed by atoms with Crippen molar-refractivity contribution < 1.29 is 9.66 Å². The number of rotatable bonds is 5. The van der Waals surface area contributed by atoms with Crippen molar-refractivity contribution in [2.45, 2.75) is 31.9 Å². The quantitative estimate of drug-likeness (QED) is 0.261. The number of halogens is 1. The number of nitro groups is 1. The van der Waals surface area contributed by atoms with E-state index in [4.69, 9.17) is 16.3 Å². The molecule has 0 amide bonds. The molecular formula is C26H23ClN2O3. The number of allylic oxidation sites excluding steroid dienone is 2. The van der Waals surface area contributed by atoms with E-state index in [9.17, 15) is 10.1 Å². The van der Waals surface area contributed by atoms with Gasteiger partial charge in [0.15, 0.2) is 0 Å². The van der Waals surface area contributed by atoms with Gasteiger partial charge in [0.25, 0.3) is 5.69 Å². The minimum atomic E-state index is -0.268. The molecule has 1 aliphatic heterocycles. The van der Waals surface area contributed by atoms with Crippen LogP contribution in [0.1, 0.15) is 40.6 Å². The molecule has 0 radical (unpaired) electrons. The molecule has 32 heavy (non-hydrogen) atoms. The van der Waals surface area contributed by atoms with E-state index in [0.717, 1.165) is 40.1 Å². The van der Waals surface area contributed by atoms with E-state index in [1.54, 1.807) is 6.07 Å². The zero-order valence-corrected chi connectivity index (χ0v) is 18.4. The van der Waals surface area contributed by atoms with Gasteiger partial charge in [0.1, 0.15) is 12.4 Å². The Balaban J connectivity index is 1.39. The van der Waals surface area contributed by atoms with Crippen molar-refractivity contribution in [2.75, 3.05) is 5.32 Å². The largest absolute Gasteiger partial charge is 0.489 e. The Morgan fingerprint density at radius 2 is 1.84 bits per heavy atom. The molecule has 3 aromatic carbocycles. The van der Waals surface area contributed by atoms with Crippen LogP contribution in [0.4, 0.5) is 11.4 Å². The molecule has 0 bridgehead atoms. The number of ether oxygens (including phenoxy) is 1. The van der Waals surface area contributed by atoms with Crippen LogP contribution < -0.4 is 10.1 Å². The van der Waals surface area contributed by atoms with Gasteiger partial charge in [-0.25, -0.2) is 0 Å². The number of anilines is 1. The van der Waals surface area contributed by atoms with E-state index in [0.29, 0.717) is 11.6 Å². The molecule has 162 valence electrons. The van der Waals surface area contributed by atoms with Crippen LogP contribution in [0.5, 0.6) is 5.75 Å². The second-order valence-corrected chi connectivity index (χ2v) is 8.84. The summed E-state index contributed by atoms with van der Waals surface area (Å²) in [5.41, 5.74) is 5.13. The Morgan fingerprint density at radius 3 is 2.56 bits per heavy atom. The molecular weight excluding hydrogens is 424 g/mol. The number of nitro benzene ring substituents is 1. The van der Waals surface area contributed by atoms with Gasteiger partial charge in [0.05, 0.1) is 16.5 Å². The van der Waals surface area contributed by atoms with E-state index in [1.165, 1.54) is 0 Å². The van der Waals surface area contributed by atoms with Crippen LogP contribution in [0.3, 0.4) is 0 Å². The molecule has 0 aromatic heterocycles. The average molecular weight is 447 g/mol. The molecule has 1 N–H and O–H groups in total. The SMILES string of the molecule is Cc1ccc([N+](=O)[O-])c2c1NC(c1ccc(OCc3ccc(Cl)cc3)cc1)[C@H]1CC=C[C@@H]21. The molecule has 5 nitrogen and oxygen atoms in total. The van der Waals surface area contributed by atoms with Crippen molar-refractivity contribution in [1.29, 1.82) is 0 Å². The van der Waals surface area contributed by atoms with E-state index >= 15 is 0 Å². The molecule has 1 heterocycles. The van der Waals surface area contributed by atoms with Crippen LogP contribution in [-0.4, -0.2) is 4.92 Å². The third-order valence-electron chi connectivity index (χ3n) is 6.46. The highest BCUT2D eigenvalue weighted by molar-refractivity contribution is 6.30. The summed E-state index contributed by atoms with van der Waals surface area (Å²) >= 11 is 5.94. The summed E-state index contributed by atoms with van der Waals surface area (Å²) in [4.78, 5) is 11.4. The lowest BCUT2D eigenvalue weighted by Crippen LogP contribution is -2.30. The summed E-state index contributed by atoms with van der Waals surface area (Å²) in [6, 6.07) is 19.3. The van der Waals surface area contributed by atoms with Gasteiger partial charge in [0.2, 0.25) is 0 Å². The van der Waals surface area contributed by atoms with Gasteiger partial charge in [-0.2, -0.15) is 0 Å². The first-order valence-electron chi connectivity index (χ1n) is 10.7. The second kappa shape index (κ2) is 8.32. The molecule has 6 heteroatoms. The summed E-state index contributed by atoms with van der Waals surface area (Å²) in [5, 5.41) is 16.0. The second-order valence-electron chi connectivity index (χ2n) is 8.41. The minimum absolute atomic E-state index is 0.0392. The normalized spacial score (nSPS) is 20.9. The molecule has 3 atom stereocenters. The average Bonchev–Trinajstić information content (AvgIpc) is 3.29. The third-order valence-corrected chi connectivity index (χ3v) is 6.71. The molecule has 2 aliphatic rings. The van der Waals surface area contributed by atoms with Crippen LogP contribution in [0.2, 0.25) is 5.02 Å². The lowest BCUT2D eigenvalue weighted by Gasteiger charge is -2.38. The molecule has 0 spiro atoms. The van der Waals surface area contributed by atoms with E-state index in [2.05, 4.69) is 29.6 Å². The number of benzene rings is 3. The van der Waals surface area contributed by atoms with Gasteiger partial charge in [-0.05, 0) is 60.2 Å². The van der Waals surface area contributed by atoms with Gasteiger partial charge in [-0.15, -0.1) is 0 Å².